The van der Waals surface area contributed by atoms with Crippen molar-refractivity contribution >= 4 is 17.6 Å². The summed E-state index contributed by atoms with van der Waals surface area (Å²) in [5.41, 5.74) is 1.99. The minimum atomic E-state index is -0.386. The smallest absolute Gasteiger partial charge is 0.337 e. The Morgan fingerprint density at radius 2 is 2.06 bits per heavy atom. The van der Waals surface area contributed by atoms with Crippen LogP contribution in [0.1, 0.15) is 22.8 Å². The SMILES string of the molecule is CCNCC(=O)Nc1ccc(C(=O)OC)cc1C. The van der Waals surface area contributed by atoms with Crippen molar-refractivity contribution in [2.75, 3.05) is 25.5 Å². The molecule has 0 bridgehead atoms. The Hall–Kier alpha value is -1.88. The standard InChI is InChI=1S/C13H18N2O3/c1-4-14-8-12(16)15-11-6-5-10(7-9(11)2)13(17)18-3/h5-7,14H,4,8H2,1-3H3,(H,15,16). The van der Waals surface area contributed by atoms with Crippen molar-refractivity contribution in [2.24, 2.45) is 0 Å². The van der Waals surface area contributed by atoms with Crippen molar-refractivity contribution in [3.8, 4) is 0 Å². The van der Waals surface area contributed by atoms with Crippen molar-refractivity contribution in [3.05, 3.63) is 29.3 Å². The van der Waals surface area contributed by atoms with E-state index in [1.807, 2.05) is 13.8 Å². The summed E-state index contributed by atoms with van der Waals surface area (Å²) >= 11 is 0. The van der Waals surface area contributed by atoms with Crippen LogP contribution in [0.4, 0.5) is 5.69 Å². The van der Waals surface area contributed by atoms with Gasteiger partial charge in [0, 0.05) is 5.69 Å². The van der Waals surface area contributed by atoms with Crippen LogP contribution in [-0.2, 0) is 9.53 Å². The Morgan fingerprint density at radius 1 is 1.33 bits per heavy atom. The molecule has 0 fully saturated rings. The molecular weight excluding hydrogens is 232 g/mol. The summed E-state index contributed by atoms with van der Waals surface area (Å²) in [7, 11) is 1.34. The predicted molar refractivity (Wildman–Crippen MR) is 69.7 cm³/mol. The number of amides is 1. The largest absolute Gasteiger partial charge is 0.465 e. The zero-order chi connectivity index (χ0) is 13.5. The number of carbonyl (C=O) groups excluding carboxylic acids is 2. The van der Waals surface area contributed by atoms with Gasteiger partial charge in [0.25, 0.3) is 0 Å². The maximum absolute atomic E-state index is 11.5. The van der Waals surface area contributed by atoms with Gasteiger partial charge in [-0.15, -0.1) is 0 Å². The molecule has 1 rings (SSSR count). The molecule has 18 heavy (non-hydrogen) atoms. The second-order valence-electron chi connectivity index (χ2n) is 3.85. The van der Waals surface area contributed by atoms with Crippen LogP contribution in [0.15, 0.2) is 18.2 Å². The number of methoxy groups -OCH3 is 1. The maximum atomic E-state index is 11.5. The number of likely N-dealkylation sites (N-methyl/N-ethyl adjacent to an activating group) is 1. The third-order valence-corrected chi connectivity index (χ3v) is 2.46. The van der Waals surface area contributed by atoms with Crippen molar-refractivity contribution in [1.29, 1.82) is 0 Å². The molecule has 0 saturated carbocycles. The Balaban J connectivity index is 2.74. The zero-order valence-electron chi connectivity index (χ0n) is 10.9. The molecule has 0 saturated heterocycles. The summed E-state index contributed by atoms with van der Waals surface area (Å²) in [6.45, 7) is 4.78. The average molecular weight is 250 g/mol. The van der Waals surface area contributed by atoms with Gasteiger partial charge in [0.15, 0.2) is 0 Å². The van der Waals surface area contributed by atoms with Crippen molar-refractivity contribution < 1.29 is 14.3 Å². The molecule has 0 atom stereocenters. The molecule has 0 aromatic heterocycles. The van der Waals surface area contributed by atoms with Crippen molar-refractivity contribution in [1.82, 2.24) is 5.32 Å². The van der Waals surface area contributed by atoms with Gasteiger partial charge in [0.2, 0.25) is 5.91 Å². The van der Waals surface area contributed by atoms with Gasteiger partial charge in [0.1, 0.15) is 0 Å². The fraction of sp³-hybridized carbons (Fsp3) is 0.385. The summed E-state index contributed by atoms with van der Waals surface area (Å²) in [5.74, 6) is -0.491. The Labute approximate surface area is 107 Å². The summed E-state index contributed by atoms with van der Waals surface area (Å²) < 4.78 is 4.63. The first-order valence-corrected chi connectivity index (χ1v) is 5.78. The van der Waals surface area contributed by atoms with E-state index in [1.165, 1.54) is 7.11 Å². The molecule has 0 radical (unpaired) electrons. The normalized spacial score (nSPS) is 9.94. The number of rotatable bonds is 5. The molecule has 1 aromatic rings. The average Bonchev–Trinajstić information content (AvgIpc) is 2.37. The highest BCUT2D eigenvalue weighted by atomic mass is 16.5. The third kappa shape index (κ3) is 3.85. The quantitative estimate of drug-likeness (QED) is 0.774. The van der Waals surface area contributed by atoms with E-state index in [4.69, 9.17) is 0 Å². The number of hydrogen-bond acceptors (Lipinski definition) is 4. The van der Waals surface area contributed by atoms with Crippen LogP contribution in [0.25, 0.3) is 0 Å². The minimum Gasteiger partial charge on any atom is -0.465 e. The number of carbonyl (C=O) groups is 2. The van der Waals surface area contributed by atoms with Gasteiger partial charge in [-0.05, 0) is 37.2 Å². The molecule has 5 heteroatoms. The van der Waals surface area contributed by atoms with Crippen LogP contribution in [0, 0.1) is 6.92 Å². The lowest BCUT2D eigenvalue weighted by Crippen LogP contribution is -2.28. The molecule has 0 spiro atoms. The highest BCUT2D eigenvalue weighted by Crippen LogP contribution is 2.16. The number of hydrogen-bond donors (Lipinski definition) is 2. The first-order valence-electron chi connectivity index (χ1n) is 5.78. The first kappa shape index (κ1) is 14.2. The molecule has 1 amide bonds. The van der Waals surface area contributed by atoms with Gasteiger partial charge in [-0.1, -0.05) is 6.92 Å². The van der Waals surface area contributed by atoms with Crippen LogP contribution in [0.3, 0.4) is 0 Å². The third-order valence-electron chi connectivity index (χ3n) is 2.46. The van der Waals surface area contributed by atoms with E-state index < -0.39 is 0 Å². The molecule has 0 unspecified atom stereocenters. The molecule has 0 heterocycles. The van der Waals surface area contributed by atoms with Crippen LogP contribution in [0.2, 0.25) is 0 Å². The van der Waals surface area contributed by atoms with E-state index >= 15 is 0 Å². The van der Waals surface area contributed by atoms with Crippen LogP contribution < -0.4 is 10.6 Å². The predicted octanol–water partition coefficient (Wildman–Crippen LogP) is 1.33. The summed E-state index contributed by atoms with van der Waals surface area (Å²) in [6.07, 6.45) is 0. The molecule has 0 aliphatic rings. The highest BCUT2D eigenvalue weighted by molar-refractivity contribution is 5.94. The lowest BCUT2D eigenvalue weighted by atomic mass is 10.1. The zero-order valence-corrected chi connectivity index (χ0v) is 10.9. The van der Waals surface area contributed by atoms with E-state index in [1.54, 1.807) is 18.2 Å². The van der Waals surface area contributed by atoms with Crippen LogP contribution in [0.5, 0.6) is 0 Å². The second kappa shape index (κ2) is 6.76. The van der Waals surface area contributed by atoms with Crippen LogP contribution in [-0.4, -0.2) is 32.1 Å². The number of ether oxygens (including phenoxy) is 1. The highest BCUT2D eigenvalue weighted by Gasteiger charge is 2.09. The number of aryl methyl sites for hydroxylation is 1. The molecule has 2 N–H and O–H groups in total. The maximum Gasteiger partial charge on any atom is 0.337 e. The Bertz CT molecular complexity index is 444. The summed E-state index contributed by atoms with van der Waals surface area (Å²) in [5, 5.41) is 5.72. The number of esters is 1. The number of benzene rings is 1. The molecule has 98 valence electrons. The molecule has 1 aromatic carbocycles. The van der Waals surface area contributed by atoms with Gasteiger partial charge in [0.05, 0.1) is 19.2 Å². The van der Waals surface area contributed by atoms with Gasteiger partial charge in [-0.3, -0.25) is 4.79 Å². The van der Waals surface area contributed by atoms with E-state index in [2.05, 4.69) is 15.4 Å². The molecule has 0 aliphatic heterocycles. The van der Waals surface area contributed by atoms with E-state index in [0.29, 0.717) is 11.3 Å². The fourth-order valence-electron chi connectivity index (χ4n) is 1.48. The molecule has 5 nitrogen and oxygen atoms in total. The van der Waals surface area contributed by atoms with Gasteiger partial charge in [-0.25, -0.2) is 4.79 Å². The summed E-state index contributed by atoms with van der Waals surface area (Å²) in [6, 6.07) is 5.02. The molecule has 0 aliphatic carbocycles. The second-order valence-corrected chi connectivity index (χ2v) is 3.85. The van der Waals surface area contributed by atoms with Gasteiger partial charge >= 0.3 is 5.97 Å². The van der Waals surface area contributed by atoms with Gasteiger partial charge < -0.3 is 15.4 Å². The fourth-order valence-corrected chi connectivity index (χ4v) is 1.48. The number of nitrogens with one attached hydrogen (secondary N) is 2. The Morgan fingerprint density at radius 3 is 2.61 bits per heavy atom. The number of anilines is 1. The van der Waals surface area contributed by atoms with E-state index in [-0.39, 0.29) is 18.4 Å². The summed E-state index contributed by atoms with van der Waals surface area (Å²) in [4.78, 5) is 22.9. The monoisotopic (exact) mass is 250 g/mol. The lowest BCUT2D eigenvalue weighted by molar-refractivity contribution is -0.115. The van der Waals surface area contributed by atoms with E-state index in [9.17, 15) is 9.59 Å². The van der Waals surface area contributed by atoms with Gasteiger partial charge in [-0.2, -0.15) is 0 Å². The topological polar surface area (TPSA) is 67.4 Å². The Kier molecular flexibility index (Phi) is 5.32. The molecular formula is C13H18N2O3. The van der Waals surface area contributed by atoms with Crippen molar-refractivity contribution in [2.45, 2.75) is 13.8 Å². The minimum absolute atomic E-state index is 0.106. The lowest BCUT2D eigenvalue weighted by Gasteiger charge is -2.09. The first-order chi connectivity index (χ1) is 8.58. The van der Waals surface area contributed by atoms with Crippen molar-refractivity contribution in [3.63, 3.8) is 0 Å². The van der Waals surface area contributed by atoms with E-state index in [0.717, 1.165) is 12.1 Å². The van der Waals surface area contributed by atoms with Crippen LogP contribution >= 0.6 is 0 Å².